The van der Waals surface area contributed by atoms with Gasteiger partial charge in [0.1, 0.15) is 11.9 Å². The van der Waals surface area contributed by atoms with E-state index in [1.807, 2.05) is 7.05 Å². The molecule has 1 N–H and O–H groups in total. The van der Waals surface area contributed by atoms with E-state index in [4.69, 9.17) is 4.74 Å². The van der Waals surface area contributed by atoms with Crippen molar-refractivity contribution >= 4 is 15.9 Å². The minimum atomic E-state index is 0.322. The van der Waals surface area contributed by atoms with Crippen LogP contribution in [0.5, 0.6) is 5.75 Å². The zero-order valence-electron chi connectivity index (χ0n) is 9.14. The summed E-state index contributed by atoms with van der Waals surface area (Å²) >= 11 is 3.55. The number of halogens is 1. The second-order valence-corrected chi connectivity index (χ2v) is 4.95. The topological polar surface area (TPSA) is 21.3 Å². The predicted octanol–water partition coefficient (Wildman–Crippen LogP) is 2.53. The molecular weight excluding hydrogens is 254 g/mol. The van der Waals surface area contributed by atoms with Gasteiger partial charge in [0.15, 0.2) is 0 Å². The fourth-order valence-electron chi connectivity index (χ4n) is 2.01. The fourth-order valence-corrected chi connectivity index (χ4v) is 2.57. The van der Waals surface area contributed by atoms with Crippen molar-refractivity contribution in [1.82, 2.24) is 5.32 Å². The largest absolute Gasteiger partial charge is 0.490 e. The van der Waals surface area contributed by atoms with Gasteiger partial charge in [-0.05, 0) is 50.2 Å². The average Bonchev–Trinajstić information content (AvgIpc) is 2.54. The monoisotopic (exact) mass is 269 g/mol. The van der Waals surface area contributed by atoms with E-state index in [-0.39, 0.29) is 0 Å². The van der Waals surface area contributed by atoms with E-state index < -0.39 is 0 Å². The van der Waals surface area contributed by atoms with Crippen LogP contribution < -0.4 is 10.1 Å². The molecule has 0 bridgehead atoms. The maximum Gasteiger partial charge on any atom is 0.126 e. The maximum atomic E-state index is 5.84. The molecule has 0 fully saturated rings. The first-order chi connectivity index (χ1) is 7.20. The lowest BCUT2D eigenvalue weighted by atomic mass is 10.0. The van der Waals surface area contributed by atoms with Gasteiger partial charge in [0.25, 0.3) is 0 Å². The third-order valence-corrected chi connectivity index (χ3v) is 3.14. The lowest BCUT2D eigenvalue weighted by Crippen LogP contribution is -2.11. The van der Waals surface area contributed by atoms with Crippen molar-refractivity contribution in [3.8, 4) is 5.75 Å². The normalized spacial score (nSPS) is 18.7. The van der Waals surface area contributed by atoms with Crippen molar-refractivity contribution < 1.29 is 4.74 Å². The Labute approximate surface area is 99.1 Å². The Kier molecular flexibility index (Phi) is 3.32. The van der Waals surface area contributed by atoms with E-state index in [9.17, 15) is 0 Å². The first kappa shape index (κ1) is 11.0. The van der Waals surface area contributed by atoms with Crippen LogP contribution in [-0.2, 0) is 12.8 Å². The summed E-state index contributed by atoms with van der Waals surface area (Å²) < 4.78 is 7.00. The molecule has 15 heavy (non-hydrogen) atoms. The van der Waals surface area contributed by atoms with E-state index in [1.165, 1.54) is 11.1 Å². The molecular formula is C12H16BrNO. The summed E-state index contributed by atoms with van der Waals surface area (Å²) in [5.41, 5.74) is 2.64. The van der Waals surface area contributed by atoms with E-state index in [0.29, 0.717) is 6.10 Å². The minimum Gasteiger partial charge on any atom is -0.490 e. The molecule has 1 aliphatic heterocycles. The van der Waals surface area contributed by atoms with Gasteiger partial charge in [-0.1, -0.05) is 15.9 Å². The van der Waals surface area contributed by atoms with Crippen molar-refractivity contribution in [1.29, 1.82) is 0 Å². The summed E-state index contributed by atoms with van der Waals surface area (Å²) in [7, 11) is 1.97. The molecule has 0 aliphatic carbocycles. The molecule has 0 amide bonds. The van der Waals surface area contributed by atoms with Crippen molar-refractivity contribution in [3.05, 3.63) is 27.7 Å². The molecule has 1 aromatic carbocycles. The number of rotatable bonds is 3. The van der Waals surface area contributed by atoms with Gasteiger partial charge in [0, 0.05) is 10.9 Å². The van der Waals surface area contributed by atoms with Crippen LogP contribution in [0, 0.1) is 0 Å². The highest BCUT2D eigenvalue weighted by Crippen LogP contribution is 2.35. The molecule has 1 atom stereocenters. The van der Waals surface area contributed by atoms with Crippen molar-refractivity contribution in [3.63, 3.8) is 0 Å². The molecule has 0 saturated heterocycles. The van der Waals surface area contributed by atoms with Gasteiger partial charge in [-0.2, -0.15) is 0 Å². The van der Waals surface area contributed by atoms with Crippen LogP contribution in [0.1, 0.15) is 18.1 Å². The minimum absolute atomic E-state index is 0.322. The zero-order chi connectivity index (χ0) is 10.8. The number of nitrogens with one attached hydrogen (secondary N) is 1. The third-order valence-electron chi connectivity index (χ3n) is 2.68. The summed E-state index contributed by atoms with van der Waals surface area (Å²) in [6.45, 7) is 3.11. The van der Waals surface area contributed by atoms with Crippen LogP contribution >= 0.6 is 15.9 Å². The molecule has 1 heterocycles. The van der Waals surface area contributed by atoms with E-state index in [0.717, 1.165) is 29.6 Å². The van der Waals surface area contributed by atoms with Gasteiger partial charge >= 0.3 is 0 Å². The van der Waals surface area contributed by atoms with E-state index >= 15 is 0 Å². The molecule has 2 rings (SSSR count). The Bertz CT molecular complexity index is 365. The van der Waals surface area contributed by atoms with Crippen LogP contribution in [-0.4, -0.2) is 19.7 Å². The summed E-state index contributed by atoms with van der Waals surface area (Å²) in [4.78, 5) is 0. The Morgan fingerprint density at radius 1 is 1.53 bits per heavy atom. The summed E-state index contributed by atoms with van der Waals surface area (Å²) in [6.07, 6.45) is 2.37. The van der Waals surface area contributed by atoms with Gasteiger partial charge in [-0.15, -0.1) is 0 Å². The van der Waals surface area contributed by atoms with Gasteiger partial charge in [0.05, 0.1) is 0 Å². The molecule has 3 heteroatoms. The highest BCUT2D eigenvalue weighted by atomic mass is 79.9. The molecule has 82 valence electrons. The van der Waals surface area contributed by atoms with E-state index in [1.54, 1.807) is 0 Å². The fraction of sp³-hybridized carbons (Fsp3) is 0.500. The molecule has 1 aromatic rings. The first-order valence-electron chi connectivity index (χ1n) is 5.33. The maximum absolute atomic E-state index is 5.84. The third kappa shape index (κ3) is 2.34. The van der Waals surface area contributed by atoms with Crippen LogP contribution in [0.15, 0.2) is 16.6 Å². The molecule has 0 radical (unpaired) electrons. The smallest absolute Gasteiger partial charge is 0.126 e. The number of ether oxygens (including phenoxy) is 1. The summed E-state index contributed by atoms with van der Waals surface area (Å²) in [5, 5.41) is 3.17. The Hall–Kier alpha value is -0.540. The van der Waals surface area contributed by atoms with Gasteiger partial charge in [0.2, 0.25) is 0 Å². The second-order valence-electron chi connectivity index (χ2n) is 4.04. The Morgan fingerprint density at radius 2 is 2.33 bits per heavy atom. The number of fused-ring (bicyclic) bond motifs is 1. The first-order valence-corrected chi connectivity index (χ1v) is 6.12. The van der Waals surface area contributed by atoms with Gasteiger partial charge in [-0.25, -0.2) is 0 Å². The van der Waals surface area contributed by atoms with Crippen LogP contribution in [0.3, 0.4) is 0 Å². The van der Waals surface area contributed by atoms with Crippen LogP contribution in [0.4, 0.5) is 0 Å². The standard InChI is InChI=1S/C12H16BrNO/c1-8-5-10-7-11(13)6-9(3-4-14-2)12(10)15-8/h6-8,14H,3-5H2,1-2H3. The van der Waals surface area contributed by atoms with Gasteiger partial charge in [-0.3, -0.25) is 0 Å². The predicted molar refractivity (Wildman–Crippen MR) is 65.6 cm³/mol. The lowest BCUT2D eigenvalue weighted by molar-refractivity contribution is 0.252. The van der Waals surface area contributed by atoms with Crippen molar-refractivity contribution in [2.75, 3.05) is 13.6 Å². The Balaban J connectivity index is 2.30. The van der Waals surface area contributed by atoms with Crippen LogP contribution in [0.2, 0.25) is 0 Å². The summed E-state index contributed by atoms with van der Waals surface area (Å²) in [6, 6.07) is 4.33. The Morgan fingerprint density at radius 3 is 3.07 bits per heavy atom. The molecule has 2 nitrogen and oxygen atoms in total. The highest BCUT2D eigenvalue weighted by molar-refractivity contribution is 9.10. The summed E-state index contributed by atoms with van der Waals surface area (Å²) in [5.74, 6) is 1.11. The molecule has 0 spiro atoms. The van der Waals surface area contributed by atoms with Crippen LogP contribution in [0.25, 0.3) is 0 Å². The lowest BCUT2D eigenvalue weighted by Gasteiger charge is -2.09. The number of hydrogen-bond acceptors (Lipinski definition) is 2. The SMILES string of the molecule is CNCCc1cc(Br)cc2c1OC(C)C2. The molecule has 1 aliphatic rings. The number of hydrogen-bond donors (Lipinski definition) is 1. The highest BCUT2D eigenvalue weighted by Gasteiger charge is 2.22. The average molecular weight is 270 g/mol. The van der Waals surface area contributed by atoms with Gasteiger partial charge < -0.3 is 10.1 Å². The van der Waals surface area contributed by atoms with Crippen molar-refractivity contribution in [2.45, 2.75) is 25.9 Å². The zero-order valence-corrected chi connectivity index (χ0v) is 10.7. The molecule has 0 aromatic heterocycles. The molecule has 0 saturated carbocycles. The molecule has 1 unspecified atom stereocenters. The van der Waals surface area contributed by atoms with E-state index in [2.05, 4.69) is 40.3 Å². The van der Waals surface area contributed by atoms with Crippen molar-refractivity contribution in [2.24, 2.45) is 0 Å². The second kappa shape index (κ2) is 4.54. The number of likely N-dealkylation sites (N-methyl/N-ethyl adjacent to an activating group) is 1. The quantitative estimate of drug-likeness (QED) is 0.911. The number of benzene rings is 1.